The van der Waals surface area contributed by atoms with Crippen LogP contribution in [-0.2, 0) is 67.5 Å². The van der Waals surface area contributed by atoms with Crippen molar-refractivity contribution in [1.82, 2.24) is 41.7 Å². The van der Waals surface area contributed by atoms with E-state index in [0.717, 1.165) is 43.2 Å². The van der Waals surface area contributed by atoms with Gasteiger partial charge in [0.2, 0.25) is 35.4 Å². The van der Waals surface area contributed by atoms with Crippen LogP contribution in [0.1, 0.15) is 103 Å². The van der Waals surface area contributed by atoms with Crippen LogP contribution in [0.15, 0.2) is 231 Å². The Bertz CT molecular complexity index is 5050. The molecular weight excluding hydrogens is 1420 g/mol. The molecule has 6 N–H and O–H groups in total. The average Bonchev–Trinajstić information content (AvgIpc) is 0.672. The van der Waals surface area contributed by atoms with Gasteiger partial charge in [-0.1, -0.05) is 136 Å². The summed E-state index contributed by atoms with van der Waals surface area (Å²) >= 11 is 0. The third kappa shape index (κ3) is 16.7. The highest BCUT2D eigenvalue weighted by atomic mass is 16.5. The largest absolute Gasteiger partial charge is 0.457 e. The standard InChI is InChI=1S/C90H80N8O14/c1-51(2)83(101)91-39-35-55-19-27-61(28-20-55)109-69-43-65-75-66(88(106)97(87(65)105)49-73(99)95-47-59-15-11-9-12-16-59)45-71(111-63-31-23-57(24-32-63)37-41-93-85(103)53(5)6)79-80-72(112-64-33-25-58(26-34-64)38-42-94-86(104)54(7)8)46-68-76-67(89(107)98(90(68)108)50-74(100)96-48-60-17-13-10-14-18-60)44-70(78(82(76)80)77(69)81(75)79)110-62-29-21-56(22-30-62)36-40-92-84(102)52(3)4/h9-34,43-46H,1,3,5,7,35-42,47-50H2,2,4,6,8H3,(H,91,101)(H,92,102)(H,93,103)(H,94,104)(H,95,99)(H,96,100). The topological polar surface area (TPSA) is 286 Å². The van der Waals surface area contributed by atoms with Gasteiger partial charge in [-0.15, -0.1) is 0 Å². The van der Waals surface area contributed by atoms with Gasteiger partial charge in [-0.3, -0.25) is 57.7 Å². The maximum absolute atomic E-state index is 15.9. The SMILES string of the molecule is C=C(C)C(=O)NCCc1ccc(Oc2cc3c4c(cc(Oc5ccc(CCNC(=O)C(=C)C)cc5)c5c6c(Oc7ccc(CCNC(=O)C(=C)C)cc7)cc7c8c(cc(Oc9ccc(CCNC(=O)C(=C)C)cc9)c(c2c45)c86)C(=O)N(CC(=O)NCc2ccccc2)C7=O)C(=O)N(CC(=O)NCc2ccccc2)C3=O)cc1. The maximum atomic E-state index is 15.9. The van der Waals surface area contributed by atoms with E-state index in [1.54, 1.807) is 76.2 Å². The first-order chi connectivity index (χ1) is 54.0. The van der Waals surface area contributed by atoms with Crippen LogP contribution >= 0.6 is 0 Å². The van der Waals surface area contributed by atoms with Crippen LogP contribution in [0.3, 0.4) is 0 Å². The van der Waals surface area contributed by atoms with Crippen molar-refractivity contribution < 1.29 is 66.9 Å². The van der Waals surface area contributed by atoms with Crippen LogP contribution in [0.5, 0.6) is 46.0 Å². The lowest BCUT2D eigenvalue weighted by molar-refractivity contribution is -0.122. The molecule has 0 atom stereocenters. The summed E-state index contributed by atoms with van der Waals surface area (Å²) in [6.45, 7) is 21.3. The number of hydrogen-bond acceptors (Lipinski definition) is 14. The first-order valence-corrected chi connectivity index (χ1v) is 36.5. The van der Waals surface area contributed by atoms with Crippen molar-refractivity contribution in [1.29, 1.82) is 0 Å². The highest BCUT2D eigenvalue weighted by Gasteiger charge is 2.42. The van der Waals surface area contributed by atoms with Crippen molar-refractivity contribution in [2.24, 2.45) is 0 Å². The molecule has 11 aromatic rings. The minimum atomic E-state index is -0.864. The molecule has 0 aromatic heterocycles. The van der Waals surface area contributed by atoms with Gasteiger partial charge in [-0.2, -0.15) is 0 Å². The molecule has 11 aromatic carbocycles. The van der Waals surface area contributed by atoms with Crippen molar-refractivity contribution >= 4 is 102 Å². The van der Waals surface area contributed by atoms with Gasteiger partial charge in [-0.25, -0.2) is 0 Å². The number of carbonyl (C=O) groups excluding carboxylic acids is 10. The smallest absolute Gasteiger partial charge is 0.262 e. The molecule has 22 nitrogen and oxygen atoms in total. The Morgan fingerprint density at radius 2 is 0.527 bits per heavy atom. The predicted molar refractivity (Wildman–Crippen MR) is 427 cm³/mol. The van der Waals surface area contributed by atoms with E-state index >= 15 is 19.2 Å². The molecule has 10 amide bonds. The van der Waals surface area contributed by atoms with E-state index in [2.05, 4.69) is 58.2 Å². The zero-order valence-electron chi connectivity index (χ0n) is 62.2. The van der Waals surface area contributed by atoms with Gasteiger partial charge in [0.05, 0.1) is 22.3 Å². The quantitative estimate of drug-likeness (QED) is 0.00990. The van der Waals surface area contributed by atoms with Crippen LogP contribution in [-0.4, -0.2) is 108 Å². The number of imide groups is 2. The molecular formula is C90H80N8O14. The Labute approximate surface area is 645 Å². The molecule has 0 fully saturated rings. The highest BCUT2D eigenvalue weighted by Crippen LogP contribution is 2.58. The van der Waals surface area contributed by atoms with E-state index in [4.69, 9.17) is 18.9 Å². The van der Waals surface area contributed by atoms with E-state index in [0.29, 0.717) is 48.0 Å². The lowest BCUT2D eigenvalue weighted by Gasteiger charge is -2.32. The molecule has 0 spiro atoms. The summed E-state index contributed by atoms with van der Waals surface area (Å²) in [7, 11) is 0. The minimum Gasteiger partial charge on any atom is -0.457 e. The number of benzene rings is 11. The fourth-order valence-electron chi connectivity index (χ4n) is 13.5. The summed E-state index contributed by atoms with van der Waals surface area (Å²) in [5.41, 5.74) is 5.89. The number of nitrogens with one attached hydrogen (secondary N) is 6. The first-order valence-electron chi connectivity index (χ1n) is 36.5. The van der Waals surface area contributed by atoms with Crippen molar-refractivity contribution in [3.8, 4) is 46.0 Å². The number of hydrogen-bond donors (Lipinski definition) is 6. The fraction of sp³-hybridized carbons (Fsp3) is 0.178. The lowest BCUT2D eigenvalue weighted by Crippen LogP contribution is -2.46. The average molecular weight is 1500 g/mol. The van der Waals surface area contributed by atoms with Crippen molar-refractivity contribution in [3.05, 3.63) is 286 Å². The summed E-state index contributed by atoms with van der Waals surface area (Å²) in [5.74, 6) is -5.04. The van der Waals surface area contributed by atoms with Gasteiger partial charge >= 0.3 is 0 Å². The lowest BCUT2D eigenvalue weighted by atomic mass is 9.80. The van der Waals surface area contributed by atoms with E-state index in [9.17, 15) is 28.8 Å². The normalized spacial score (nSPS) is 12.2. The van der Waals surface area contributed by atoms with Gasteiger partial charge in [0, 0.05) is 105 Å². The fourth-order valence-corrected chi connectivity index (χ4v) is 13.5. The molecule has 0 radical (unpaired) electrons. The molecule has 22 heteroatoms. The van der Waals surface area contributed by atoms with Crippen LogP contribution in [0.4, 0.5) is 0 Å². The Kier molecular flexibility index (Phi) is 22.6. The Morgan fingerprint density at radius 3 is 0.750 bits per heavy atom. The van der Waals surface area contributed by atoms with Gasteiger partial charge < -0.3 is 50.8 Å². The second kappa shape index (κ2) is 33.2. The molecule has 564 valence electrons. The minimum absolute atomic E-state index is 0.0152. The van der Waals surface area contributed by atoms with Crippen molar-refractivity contribution in [2.45, 2.75) is 66.5 Å². The molecule has 0 unspecified atom stereocenters. The van der Waals surface area contributed by atoms with Crippen LogP contribution in [0.25, 0.3) is 43.1 Å². The highest BCUT2D eigenvalue weighted by molar-refractivity contribution is 6.45. The number of ether oxygens (including phenoxy) is 4. The molecule has 112 heavy (non-hydrogen) atoms. The molecule has 13 rings (SSSR count). The molecule has 0 saturated heterocycles. The van der Waals surface area contributed by atoms with Crippen molar-refractivity contribution in [2.75, 3.05) is 39.3 Å². The third-order valence-corrected chi connectivity index (χ3v) is 19.3. The molecule has 0 saturated carbocycles. The second-order valence-electron chi connectivity index (χ2n) is 27.7. The van der Waals surface area contributed by atoms with Crippen LogP contribution in [0.2, 0.25) is 0 Å². The second-order valence-corrected chi connectivity index (χ2v) is 27.7. The van der Waals surface area contributed by atoms with Gasteiger partial charge in [-0.05, 0) is 160 Å². The number of carbonyl (C=O) groups is 10. The van der Waals surface area contributed by atoms with Gasteiger partial charge in [0.1, 0.15) is 59.1 Å². The zero-order chi connectivity index (χ0) is 79.0. The predicted octanol–water partition coefficient (Wildman–Crippen LogP) is 13.7. The van der Waals surface area contributed by atoms with Gasteiger partial charge in [0.25, 0.3) is 23.6 Å². The summed E-state index contributed by atoms with van der Waals surface area (Å²) < 4.78 is 28.8. The molecule has 2 aliphatic heterocycles. The number of fused-ring (bicyclic) bond motifs is 2. The van der Waals surface area contributed by atoms with Crippen molar-refractivity contribution in [3.63, 3.8) is 0 Å². The molecule has 2 aliphatic rings. The summed E-state index contributed by atoms with van der Waals surface area (Å²) in [5, 5.41) is 18.5. The monoisotopic (exact) mass is 1500 g/mol. The van der Waals surface area contributed by atoms with E-state index in [-0.39, 0.29) is 174 Å². The molecule has 2 heterocycles. The molecule has 0 aliphatic carbocycles. The van der Waals surface area contributed by atoms with Crippen LogP contribution in [0, 0.1) is 0 Å². The number of amides is 10. The Hall–Kier alpha value is -14.0. The summed E-state index contributed by atoms with van der Waals surface area (Å²) in [4.78, 5) is 144. The van der Waals surface area contributed by atoms with E-state index < -0.39 is 48.5 Å². The number of nitrogens with zero attached hydrogens (tertiary/aromatic N) is 2. The van der Waals surface area contributed by atoms with E-state index in [1.165, 1.54) is 24.3 Å². The number of rotatable bonds is 32. The zero-order valence-corrected chi connectivity index (χ0v) is 62.2. The van der Waals surface area contributed by atoms with E-state index in [1.807, 2.05) is 109 Å². The maximum Gasteiger partial charge on any atom is 0.262 e. The van der Waals surface area contributed by atoms with Gasteiger partial charge in [0.15, 0.2) is 0 Å². The van der Waals surface area contributed by atoms with Crippen LogP contribution < -0.4 is 50.8 Å². The first kappa shape index (κ1) is 76.2. The molecule has 0 bridgehead atoms. The Balaban J connectivity index is 1.09. The summed E-state index contributed by atoms with van der Waals surface area (Å²) in [6, 6.07) is 52.4. The summed E-state index contributed by atoms with van der Waals surface area (Å²) in [6.07, 6.45) is 1.67. The third-order valence-electron chi connectivity index (χ3n) is 19.3. The Morgan fingerprint density at radius 1 is 0.295 bits per heavy atom.